The third-order valence-electron chi connectivity index (χ3n) is 3.23. The lowest BCUT2D eigenvalue weighted by molar-refractivity contribution is 0.414. The van der Waals surface area contributed by atoms with Gasteiger partial charge < -0.3 is 4.74 Å². The molecule has 0 N–H and O–H groups in total. The summed E-state index contributed by atoms with van der Waals surface area (Å²) in [5, 5.41) is 2.48. The number of hydrogen-bond donors (Lipinski definition) is 0. The monoisotopic (exact) mass is 360 g/mol. The molecule has 0 atom stereocenters. The third kappa shape index (κ3) is 2.21. The van der Waals surface area contributed by atoms with Crippen LogP contribution in [-0.2, 0) is 0 Å². The maximum atomic E-state index is 5.63. The van der Waals surface area contributed by atoms with Crippen LogP contribution >= 0.6 is 22.6 Å². The van der Waals surface area contributed by atoms with Crippen molar-refractivity contribution in [3.63, 3.8) is 0 Å². The van der Waals surface area contributed by atoms with Crippen LogP contribution in [0.1, 0.15) is 0 Å². The van der Waals surface area contributed by atoms with Crippen LogP contribution in [-0.4, -0.2) is 7.11 Å². The largest absolute Gasteiger partial charge is 0.495 e. The van der Waals surface area contributed by atoms with Gasteiger partial charge in [0.2, 0.25) is 0 Å². The molecule has 0 aromatic heterocycles. The van der Waals surface area contributed by atoms with E-state index in [4.69, 9.17) is 4.74 Å². The Morgan fingerprint density at radius 3 is 2.32 bits per heavy atom. The van der Waals surface area contributed by atoms with E-state index in [0.29, 0.717) is 0 Å². The molecule has 19 heavy (non-hydrogen) atoms. The second kappa shape index (κ2) is 5.21. The predicted molar refractivity (Wildman–Crippen MR) is 88.7 cm³/mol. The molecule has 94 valence electrons. The molecule has 0 saturated heterocycles. The van der Waals surface area contributed by atoms with Crippen molar-refractivity contribution in [1.82, 2.24) is 0 Å². The van der Waals surface area contributed by atoms with Crippen LogP contribution in [0.4, 0.5) is 0 Å². The van der Waals surface area contributed by atoms with E-state index in [-0.39, 0.29) is 0 Å². The van der Waals surface area contributed by atoms with Gasteiger partial charge in [-0.05, 0) is 45.0 Å². The highest BCUT2D eigenvalue weighted by Gasteiger charge is 2.13. The minimum Gasteiger partial charge on any atom is -0.495 e. The lowest BCUT2D eigenvalue weighted by Gasteiger charge is -2.13. The number of halogens is 1. The zero-order valence-electron chi connectivity index (χ0n) is 10.6. The highest BCUT2D eigenvalue weighted by molar-refractivity contribution is 14.1. The van der Waals surface area contributed by atoms with Gasteiger partial charge in [0.05, 0.1) is 10.7 Å². The smallest absolute Gasteiger partial charge is 0.140 e. The van der Waals surface area contributed by atoms with Crippen LogP contribution in [0.2, 0.25) is 0 Å². The first-order valence-electron chi connectivity index (χ1n) is 6.12. The summed E-state index contributed by atoms with van der Waals surface area (Å²) >= 11 is 2.37. The molecule has 0 aliphatic heterocycles. The predicted octanol–water partition coefficient (Wildman–Crippen LogP) is 5.12. The van der Waals surface area contributed by atoms with Crippen LogP contribution in [0.25, 0.3) is 21.9 Å². The van der Waals surface area contributed by atoms with E-state index in [1.165, 1.54) is 16.3 Å². The number of ether oxygens (including phenoxy) is 1. The minimum absolute atomic E-state index is 0.950. The Bertz CT molecular complexity index is 720. The quantitative estimate of drug-likeness (QED) is 0.577. The minimum atomic E-state index is 0.950. The molecule has 0 radical (unpaired) electrons. The Hall–Kier alpha value is -1.55. The molecule has 1 nitrogen and oxygen atoms in total. The van der Waals surface area contributed by atoms with Crippen molar-refractivity contribution in [1.29, 1.82) is 0 Å². The molecular formula is C17H13IO. The molecule has 0 aliphatic carbocycles. The molecule has 0 unspecified atom stereocenters. The summed E-state index contributed by atoms with van der Waals surface area (Å²) in [5.74, 6) is 0.950. The van der Waals surface area contributed by atoms with Crippen LogP contribution < -0.4 is 4.74 Å². The van der Waals surface area contributed by atoms with Gasteiger partial charge in [-0.1, -0.05) is 54.6 Å². The molecule has 0 saturated carbocycles. The van der Waals surface area contributed by atoms with Crippen LogP contribution in [0.5, 0.6) is 5.75 Å². The Morgan fingerprint density at radius 1 is 0.895 bits per heavy atom. The standard InChI is InChI=1S/C17H13IO/c1-19-17-15(12-7-3-2-4-8-12)11-13-9-5-6-10-14(13)16(17)18/h2-11H,1H3. The summed E-state index contributed by atoms with van der Waals surface area (Å²) in [6.45, 7) is 0. The van der Waals surface area contributed by atoms with E-state index >= 15 is 0 Å². The molecule has 0 amide bonds. The lowest BCUT2D eigenvalue weighted by atomic mass is 10.00. The van der Waals surface area contributed by atoms with Gasteiger partial charge in [-0.2, -0.15) is 0 Å². The topological polar surface area (TPSA) is 9.23 Å². The van der Waals surface area contributed by atoms with Gasteiger partial charge in [0.15, 0.2) is 0 Å². The van der Waals surface area contributed by atoms with E-state index < -0.39 is 0 Å². The third-order valence-corrected chi connectivity index (χ3v) is 4.30. The van der Waals surface area contributed by atoms with Crippen LogP contribution in [0.15, 0.2) is 60.7 Å². The number of methoxy groups -OCH3 is 1. The van der Waals surface area contributed by atoms with Crippen molar-refractivity contribution < 1.29 is 4.74 Å². The maximum absolute atomic E-state index is 5.63. The highest BCUT2D eigenvalue weighted by atomic mass is 127. The Kier molecular flexibility index (Phi) is 3.42. The SMILES string of the molecule is COc1c(-c2ccccc2)cc2ccccc2c1I. The first-order chi connectivity index (χ1) is 9.31. The van der Waals surface area contributed by atoms with Crippen molar-refractivity contribution in [3.8, 4) is 16.9 Å². The van der Waals surface area contributed by atoms with Crippen molar-refractivity contribution in [3.05, 3.63) is 64.2 Å². The molecule has 0 heterocycles. The van der Waals surface area contributed by atoms with Gasteiger partial charge >= 0.3 is 0 Å². The van der Waals surface area contributed by atoms with Crippen LogP contribution in [0, 0.1) is 3.57 Å². The van der Waals surface area contributed by atoms with Gasteiger partial charge in [0.1, 0.15) is 5.75 Å². The molecule has 0 spiro atoms. The summed E-state index contributed by atoms with van der Waals surface area (Å²) in [4.78, 5) is 0. The Morgan fingerprint density at radius 2 is 1.58 bits per heavy atom. The van der Waals surface area contributed by atoms with E-state index in [0.717, 1.165) is 14.9 Å². The average molecular weight is 360 g/mol. The average Bonchev–Trinajstić information content (AvgIpc) is 2.48. The van der Waals surface area contributed by atoms with Crippen molar-refractivity contribution >= 4 is 33.4 Å². The zero-order valence-corrected chi connectivity index (χ0v) is 12.7. The van der Waals surface area contributed by atoms with E-state index in [1.807, 2.05) is 6.07 Å². The van der Waals surface area contributed by atoms with E-state index in [1.54, 1.807) is 7.11 Å². The molecule has 3 aromatic carbocycles. The molecule has 3 aromatic rings. The lowest BCUT2D eigenvalue weighted by Crippen LogP contribution is -1.93. The fourth-order valence-electron chi connectivity index (χ4n) is 2.32. The molecule has 3 rings (SSSR count). The fourth-order valence-corrected chi connectivity index (χ4v) is 3.32. The zero-order chi connectivity index (χ0) is 13.2. The summed E-state index contributed by atoms with van der Waals surface area (Å²) in [5.41, 5.74) is 2.33. The highest BCUT2D eigenvalue weighted by Crippen LogP contribution is 2.38. The molecular weight excluding hydrogens is 347 g/mol. The number of rotatable bonds is 2. The number of benzene rings is 3. The van der Waals surface area contributed by atoms with Gasteiger partial charge in [-0.25, -0.2) is 0 Å². The van der Waals surface area contributed by atoms with Crippen LogP contribution in [0.3, 0.4) is 0 Å². The fraction of sp³-hybridized carbons (Fsp3) is 0.0588. The number of hydrogen-bond acceptors (Lipinski definition) is 1. The van der Waals surface area contributed by atoms with Gasteiger partial charge in [-0.15, -0.1) is 0 Å². The normalized spacial score (nSPS) is 10.6. The molecule has 0 aliphatic rings. The maximum Gasteiger partial charge on any atom is 0.140 e. The Labute approximate surface area is 126 Å². The number of fused-ring (bicyclic) bond motifs is 1. The van der Waals surface area contributed by atoms with Gasteiger partial charge in [0.25, 0.3) is 0 Å². The second-order valence-corrected chi connectivity index (χ2v) is 5.44. The summed E-state index contributed by atoms with van der Waals surface area (Å²) in [6, 6.07) is 21.0. The molecule has 0 fully saturated rings. The second-order valence-electron chi connectivity index (χ2n) is 4.36. The summed E-state index contributed by atoms with van der Waals surface area (Å²) < 4.78 is 6.80. The first-order valence-corrected chi connectivity index (χ1v) is 7.20. The Balaban J connectivity index is 2.36. The molecule has 2 heteroatoms. The van der Waals surface area contributed by atoms with Crippen molar-refractivity contribution in [2.45, 2.75) is 0 Å². The summed E-state index contributed by atoms with van der Waals surface area (Å²) in [7, 11) is 1.73. The molecule has 0 bridgehead atoms. The van der Waals surface area contributed by atoms with Gasteiger partial charge in [-0.3, -0.25) is 0 Å². The van der Waals surface area contributed by atoms with E-state index in [9.17, 15) is 0 Å². The van der Waals surface area contributed by atoms with Crippen molar-refractivity contribution in [2.75, 3.05) is 7.11 Å². The van der Waals surface area contributed by atoms with Crippen molar-refractivity contribution in [2.24, 2.45) is 0 Å². The summed E-state index contributed by atoms with van der Waals surface area (Å²) in [6.07, 6.45) is 0. The van der Waals surface area contributed by atoms with E-state index in [2.05, 4.69) is 77.2 Å². The van der Waals surface area contributed by atoms with Gasteiger partial charge in [0, 0.05) is 5.56 Å². The first kappa shape index (κ1) is 12.5.